The fourth-order valence-corrected chi connectivity index (χ4v) is 3.58. The molecule has 1 aliphatic rings. The molecule has 1 heterocycles. The topological polar surface area (TPSA) is 53.6 Å². The van der Waals surface area contributed by atoms with Crippen LogP contribution in [0, 0.1) is 5.41 Å². The number of methoxy groups -OCH3 is 1. The van der Waals surface area contributed by atoms with Gasteiger partial charge in [0.1, 0.15) is 0 Å². The minimum absolute atomic E-state index is 0.0995. The van der Waals surface area contributed by atoms with Gasteiger partial charge in [0.05, 0.1) is 18.1 Å². The number of benzene rings is 1. The van der Waals surface area contributed by atoms with E-state index in [-0.39, 0.29) is 11.9 Å². The largest absolute Gasteiger partial charge is 0.384 e. The molecule has 1 fully saturated rings. The standard InChI is InChI=1S/C19H31N3O2/c1-4-22(5-2)17(16-9-7-6-8-10-16)13-21-18(23)19(15-24-3)11-12-20-14-19/h6-10,17,20H,4-5,11-15H2,1-3H3,(H,21,23). The van der Waals surface area contributed by atoms with Crippen molar-refractivity contribution in [2.75, 3.05) is 46.4 Å². The predicted molar refractivity (Wildman–Crippen MR) is 96.9 cm³/mol. The zero-order chi connectivity index (χ0) is 17.4. The SMILES string of the molecule is CCN(CC)C(CNC(=O)C1(COC)CCNC1)c1ccccc1. The van der Waals surface area contributed by atoms with E-state index in [4.69, 9.17) is 4.74 Å². The first kappa shape index (κ1) is 18.9. The van der Waals surface area contributed by atoms with Crippen LogP contribution in [0.25, 0.3) is 0 Å². The number of amides is 1. The van der Waals surface area contributed by atoms with Crippen molar-refractivity contribution in [1.82, 2.24) is 15.5 Å². The fraction of sp³-hybridized carbons (Fsp3) is 0.632. The van der Waals surface area contributed by atoms with E-state index in [2.05, 4.69) is 53.6 Å². The summed E-state index contributed by atoms with van der Waals surface area (Å²) >= 11 is 0. The van der Waals surface area contributed by atoms with Gasteiger partial charge in [0.2, 0.25) is 5.91 Å². The number of nitrogens with zero attached hydrogens (tertiary/aromatic N) is 1. The van der Waals surface area contributed by atoms with Crippen LogP contribution in [0.1, 0.15) is 31.9 Å². The summed E-state index contributed by atoms with van der Waals surface area (Å²) in [5, 5.41) is 6.49. The Morgan fingerprint density at radius 1 is 1.33 bits per heavy atom. The van der Waals surface area contributed by atoms with E-state index in [0.29, 0.717) is 19.7 Å². The Labute approximate surface area is 145 Å². The maximum absolute atomic E-state index is 12.8. The molecule has 24 heavy (non-hydrogen) atoms. The van der Waals surface area contributed by atoms with Gasteiger partial charge in [-0.05, 0) is 31.6 Å². The lowest BCUT2D eigenvalue weighted by Crippen LogP contribution is -2.48. The molecule has 0 saturated carbocycles. The smallest absolute Gasteiger partial charge is 0.229 e. The summed E-state index contributed by atoms with van der Waals surface area (Å²) in [5.74, 6) is 0.0995. The molecule has 5 heteroatoms. The van der Waals surface area contributed by atoms with E-state index in [0.717, 1.165) is 26.1 Å². The molecule has 2 N–H and O–H groups in total. The molecule has 1 aromatic rings. The highest BCUT2D eigenvalue weighted by Crippen LogP contribution is 2.27. The Morgan fingerprint density at radius 3 is 2.58 bits per heavy atom. The number of nitrogens with one attached hydrogen (secondary N) is 2. The van der Waals surface area contributed by atoms with E-state index in [9.17, 15) is 4.79 Å². The highest BCUT2D eigenvalue weighted by molar-refractivity contribution is 5.83. The first-order chi connectivity index (χ1) is 11.7. The second-order valence-corrected chi connectivity index (χ2v) is 6.50. The van der Waals surface area contributed by atoms with Crippen molar-refractivity contribution in [1.29, 1.82) is 0 Å². The summed E-state index contributed by atoms with van der Waals surface area (Å²) in [5.41, 5.74) is 0.811. The number of carbonyl (C=O) groups is 1. The van der Waals surface area contributed by atoms with Crippen LogP contribution in [0.5, 0.6) is 0 Å². The van der Waals surface area contributed by atoms with Gasteiger partial charge in [-0.15, -0.1) is 0 Å². The van der Waals surface area contributed by atoms with Crippen molar-refractivity contribution < 1.29 is 9.53 Å². The normalized spacial score (nSPS) is 21.8. The molecular formula is C19H31N3O2. The number of hydrogen-bond acceptors (Lipinski definition) is 4. The minimum Gasteiger partial charge on any atom is -0.384 e. The van der Waals surface area contributed by atoms with Crippen LogP contribution in [0.4, 0.5) is 0 Å². The van der Waals surface area contributed by atoms with Gasteiger partial charge in [-0.25, -0.2) is 0 Å². The molecule has 1 aromatic carbocycles. The predicted octanol–water partition coefficient (Wildman–Crippen LogP) is 1.81. The Kier molecular flexibility index (Phi) is 7.21. The molecule has 1 saturated heterocycles. The first-order valence-corrected chi connectivity index (χ1v) is 8.93. The number of likely N-dealkylation sites (N-methyl/N-ethyl adjacent to an activating group) is 1. The zero-order valence-electron chi connectivity index (χ0n) is 15.2. The fourth-order valence-electron chi connectivity index (χ4n) is 3.58. The molecule has 134 valence electrons. The van der Waals surface area contributed by atoms with Gasteiger partial charge >= 0.3 is 0 Å². The van der Waals surface area contributed by atoms with Crippen LogP contribution in [-0.4, -0.2) is 57.2 Å². The molecule has 0 bridgehead atoms. The summed E-state index contributed by atoms with van der Waals surface area (Å²) in [4.78, 5) is 15.2. The minimum atomic E-state index is -0.431. The quantitative estimate of drug-likeness (QED) is 0.724. The monoisotopic (exact) mass is 333 g/mol. The highest BCUT2D eigenvalue weighted by atomic mass is 16.5. The molecule has 2 unspecified atom stereocenters. The molecule has 1 amide bonds. The number of ether oxygens (including phenoxy) is 1. The molecule has 2 atom stereocenters. The van der Waals surface area contributed by atoms with Crippen LogP contribution in [0.3, 0.4) is 0 Å². The molecule has 0 aliphatic carbocycles. The summed E-state index contributed by atoms with van der Waals surface area (Å²) in [6.45, 7) is 8.88. The van der Waals surface area contributed by atoms with Crippen molar-refractivity contribution in [3.63, 3.8) is 0 Å². The van der Waals surface area contributed by atoms with Crippen molar-refractivity contribution in [3.05, 3.63) is 35.9 Å². The van der Waals surface area contributed by atoms with Crippen molar-refractivity contribution >= 4 is 5.91 Å². The molecule has 0 aromatic heterocycles. The molecule has 1 aliphatic heterocycles. The van der Waals surface area contributed by atoms with Crippen molar-refractivity contribution in [3.8, 4) is 0 Å². The third kappa shape index (κ3) is 4.35. The van der Waals surface area contributed by atoms with E-state index >= 15 is 0 Å². The average molecular weight is 333 g/mol. The summed E-state index contributed by atoms with van der Waals surface area (Å²) in [7, 11) is 1.66. The molecule has 5 nitrogen and oxygen atoms in total. The molecular weight excluding hydrogens is 302 g/mol. The Balaban J connectivity index is 2.08. The second kappa shape index (κ2) is 9.16. The van der Waals surface area contributed by atoms with Crippen molar-refractivity contribution in [2.24, 2.45) is 5.41 Å². The van der Waals surface area contributed by atoms with Crippen LogP contribution in [-0.2, 0) is 9.53 Å². The molecule has 2 rings (SSSR count). The summed E-state index contributed by atoms with van der Waals surface area (Å²) in [6, 6.07) is 10.6. The third-order valence-corrected chi connectivity index (χ3v) is 5.04. The second-order valence-electron chi connectivity index (χ2n) is 6.50. The molecule has 0 spiro atoms. The van der Waals surface area contributed by atoms with E-state index < -0.39 is 5.41 Å². The Bertz CT molecular complexity index is 497. The lowest BCUT2D eigenvalue weighted by atomic mass is 9.87. The molecule has 0 radical (unpaired) electrons. The van der Waals surface area contributed by atoms with Gasteiger partial charge in [0.25, 0.3) is 0 Å². The summed E-state index contributed by atoms with van der Waals surface area (Å²) < 4.78 is 5.32. The van der Waals surface area contributed by atoms with E-state index in [1.165, 1.54) is 5.56 Å². The first-order valence-electron chi connectivity index (χ1n) is 8.93. The van der Waals surface area contributed by atoms with Crippen molar-refractivity contribution in [2.45, 2.75) is 26.3 Å². The maximum atomic E-state index is 12.8. The maximum Gasteiger partial charge on any atom is 0.229 e. The van der Waals surface area contributed by atoms with Gasteiger partial charge < -0.3 is 15.4 Å². The summed E-state index contributed by atoms with van der Waals surface area (Å²) in [6.07, 6.45) is 0.827. The highest BCUT2D eigenvalue weighted by Gasteiger charge is 2.41. The third-order valence-electron chi connectivity index (χ3n) is 5.04. The van der Waals surface area contributed by atoms with Crippen LogP contribution < -0.4 is 10.6 Å². The van der Waals surface area contributed by atoms with E-state index in [1.807, 2.05) is 6.07 Å². The number of carbonyl (C=O) groups excluding carboxylic acids is 1. The number of rotatable bonds is 9. The lowest BCUT2D eigenvalue weighted by Gasteiger charge is -2.32. The number of hydrogen-bond donors (Lipinski definition) is 2. The zero-order valence-corrected chi connectivity index (χ0v) is 15.2. The van der Waals surface area contributed by atoms with Gasteiger partial charge in [0, 0.05) is 20.2 Å². The van der Waals surface area contributed by atoms with Gasteiger partial charge in [-0.1, -0.05) is 44.2 Å². The van der Waals surface area contributed by atoms with Crippen LogP contribution >= 0.6 is 0 Å². The van der Waals surface area contributed by atoms with Gasteiger partial charge in [-0.2, -0.15) is 0 Å². The van der Waals surface area contributed by atoms with Crippen LogP contribution in [0.15, 0.2) is 30.3 Å². The Hall–Kier alpha value is -1.43. The lowest BCUT2D eigenvalue weighted by molar-refractivity contribution is -0.133. The van der Waals surface area contributed by atoms with Crippen LogP contribution in [0.2, 0.25) is 0 Å². The van der Waals surface area contributed by atoms with Gasteiger partial charge in [0.15, 0.2) is 0 Å². The average Bonchev–Trinajstić information content (AvgIpc) is 3.09. The van der Waals surface area contributed by atoms with Gasteiger partial charge in [-0.3, -0.25) is 9.69 Å². The van der Waals surface area contributed by atoms with E-state index in [1.54, 1.807) is 7.11 Å². The Morgan fingerprint density at radius 2 is 2.04 bits per heavy atom.